The molecule has 3 N–H and O–H groups in total. The number of hydrogen-bond donors (Lipinski definition) is 3. The molecule has 6 rings (SSSR count). The van der Waals surface area contributed by atoms with Gasteiger partial charge in [-0.05, 0) is 98.5 Å². The van der Waals surface area contributed by atoms with E-state index in [9.17, 15) is 29.4 Å². The summed E-state index contributed by atoms with van der Waals surface area (Å²) in [5.74, 6) is -0.747. The van der Waals surface area contributed by atoms with E-state index < -0.39 is 35.5 Å². The molecule has 9 heteroatoms. The number of allylic oxidation sites excluding steroid dienone is 1. The SMILES string of the molecule is CC(C)[C@@H]1C[C@@](CCNC(=O)CCC(=O)OCC(=O)[C@]2(O)CC[C@@H]3[C@@H]4CCC5=CC(=O)CC[C@]5(C)[C@@H]4[C@@H](O)C[C@@]32C)(c2ccccc2)CCO1. The van der Waals surface area contributed by atoms with Gasteiger partial charge >= 0.3 is 5.97 Å². The number of ketones is 2. The minimum Gasteiger partial charge on any atom is -0.458 e. The van der Waals surface area contributed by atoms with Crippen LogP contribution in [0.15, 0.2) is 42.0 Å². The topological polar surface area (TPSA) is 139 Å². The van der Waals surface area contributed by atoms with E-state index in [1.54, 1.807) is 6.08 Å². The third-order valence-electron chi connectivity index (χ3n) is 14.0. The molecule has 0 radical (unpaired) electrons. The zero-order chi connectivity index (χ0) is 35.9. The van der Waals surface area contributed by atoms with Gasteiger partial charge in [-0.1, -0.05) is 63.6 Å². The van der Waals surface area contributed by atoms with E-state index in [-0.39, 0.29) is 72.1 Å². The first-order valence-corrected chi connectivity index (χ1v) is 19.0. The lowest BCUT2D eigenvalue weighted by atomic mass is 9.45. The Morgan fingerprint density at radius 1 is 1.02 bits per heavy atom. The van der Waals surface area contributed by atoms with Crippen molar-refractivity contribution < 1.29 is 38.9 Å². The Morgan fingerprint density at radius 3 is 2.52 bits per heavy atom. The first-order chi connectivity index (χ1) is 23.7. The Bertz CT molecular complexity index is 1490. The van der Waals surface area contributed by atoms with Gasteiger partial charge in [0.15, 0.2) is 12.4 Å². The van der Waals surface area contributed by atoms with E-state index in [1.165, 1.54) is 5.56 Å². The zero-order valence-corrected chi connectivity index (χ0v) is 30.4. The van der Waals surface area contributed by atoms with E-state index in [0.29, 0.717) is 31.9 Å². The number of fused-ring (bicyclic) bond motifs is 5. The summed E-state index contributed by atoms with van der Waals surface area (Å²) in [5, 5.41) is 26.6. The summed E-state index contributed by atoms with van der Waals surface area (Å²) in [4.78, 5) is 51.3. The number of benzene rings is 1. The molecule has 274 valence electrons. The molecule has 1 aromatic carbocycles. The number of hydrogen-bond acceptors (Lipinski definition) is 8. The van der Waals surface area contributed by atoms with Crippen LogP contribution in [0.3, 0.4) is 0 Å². The van der Waals surface area contributed by atoms with E-state index in [1.807, 2.05) is 13.0 Å². The summed E-state index contributed by atoms with van der Waals surface area (Å²) in [5.41, 5.74) is -0.529. The summed E-state index contributed by atoms with van der Waals surface area (Å²) < 4.78 is 11.4. The molecule has 9 nitrogen and oxygen atoms in total. The van der Waals surface area contributed by atoms with Crippen LogP contribution in [0.25, 0.3) is 0 Å². The molecule has 50 heavy (non-hydrogen) atoms. The van der Waals surface area contributed by atoms with Crippen LogP contribution in [0.5, 0.6) is 0 Å². The fourth-order valence-corrected chi connectivity index (χ4v) is 11.0. The molecule has 0 spiro atoms. The predicted octanol–water partition coefficient (Wildman–Crippen LogP) is 5.39. The number of rotatable bonds is 11. The van der Waals surface area contributed by atoms with Crippen molar-refractivity contribution in [3.63, 3.8) is 0 Å². The van der Waals surface area contributed by atoms with Crippen LogP contribution >= 0.6 is 0 Å². The minimum absolute atomic E-state index is 0.0207. The molecule has 1 aliphatic heterocycles. The maximum absolute atomic E-state index is 13.6. The zero-order valence-electron chi connectivity index (χ0n) is 30.4. The summed E-state index contributed by atoms with van der Waals surface area (Å²) in [6.07, 6.45) is 7.56. The van der Waals surface area contributed by atoms with Crippen molar-refractivity contribution in [3.05, 3.63) is 47.5 Å². The summed E-state index contributed by atoms with van der Waals surface area (Å²) in [6.45, 7) is 9.02. The molecule has 3 saturated carbocycles. The Hall–Kier alpha value is -2.88. The molecule has 1 amide bonds. The van der Waals surface area contributed by atoms with E-state index in [0.717, 1.165) is 44.1 Å². The fraction of sp³-hybridized carbons (Fsp3) is 0.707. The average Bonchev–Trinajstić information content (AvgIpc) is 3.37. The number of amides is 1. The van der Waals surface area contributed by atoms with Crippen LogP contribution in [0.2, 0.25) is 0 Å². The standard InChI is InChI=1S/C41H57NO8/c1-26(2)33-24-40(19-21-49-33,27-8-6-5-7-9-27)18-20-42-35(46)12-13-36(47)50-25-34(45)41(48)17-15-31-30-11-10-28-22-29(43)14-16-38(28,3)37(30)32(44)23-39(31,41)4/h5-9,22,26,30-33,37,44,48H,10-21,23-25H2,1-4H3,(H,42,46)/t30-,31+,32-,33-,37-,38-,39-,40-,41+/m0/s1. The molecule has 1 aromatic rings. The second kappa shape index (κ2) is 14.3. The van der Waals surface area contributed by atoms with Gasteiger partial charge in [-0.25, -0.2) is 0 Å². The largest absolute Gasteiger partial charge is 0.458 e. The van der Waals surface area contributed by atoms with Crippen LogP contribution in [-0.2, 0) is 34.1 Å². The number of carbonyl (C=O) groups excluding carboxylic acids is 4. The average molecular weight is 692 g/mol. The van der Waals surface area contributed by atoms with Gasteiger partial charge < -0.3 is 25.0 Å². The van der Waals surface area contributed by atoms with Crippen LogP contribution in [0, 0.1) is 34.5 Å². The minimum atomic E-state index is -1.71. The molecule has 4 fully saturated rings. The van der Waals surface area contributed by atoms with Gasteiger partial charge in [0.2, 0.25) is 11.7 Å². The predicted molar refractivity (Wildman–Crippen MR) is 188 cm³/mol. The number of nitrogens with one attached hydrogen (secondary N) is 1. The molecule has 5 aliphatic rings. The highest BCUT2D eigenvalue weighted by atomic mass is 16.5. The van der Waals surface area contributed by atoms with Gasteiger partial charge in [0.25, 0.3) is 0 Å². The maximum atomic E-state index is 13.6. The lowest BCUT2D eigenvalue weighted by Gasteiger charge is -2.60. The van der Waals surface area contributed by atoms with Gasteiger partial charge in [0.1, 0.15) is 5.60 Å². The van der Waals surface area contributed by atoms with Gasteiger partial charge in [0.05, 0.1) is 18.6 Å². The Labute approximate surface area is 296 Å². The molecule has 0 unspecified atom stereocenters. The number of ether oxygens (including phenoxy) is 2. The van der Waals surface area contributed by atoms with Crippen molar-refractivity contribution in [2.75, 3.05) is 19.8 Å². The highest BCUT2D eigenvalue weighted by Crippen LogP contribution is 2.67. The van der Waals surface area contributed by atoms with Crippen LogP contribution in [0.1, 0.15) is 110 Å². The molecular weight excluding hydrogens is 634 g/mol. The second-order valence-corrected chi connectivity index (χ2v) is 16.9. The van der Waals surface area contributed by atoms with Crippen molar-refractivity contribution in [1.82, 2.24) is 5.32 Å². The van der Waals surface area contributed by atoms with Crippen molar-refractivity contribution in [3.8, 4) is 0 Å². The van der Waals surface area contributed by atoms with Gasteiger partial charge in [-0.15, -0.1) is 0 Å². The quantitative estimate of drug-likeness (QED) is 0.263. The van der Waals surface area contributed by atoms with Crippen molar-refractivity contribution >= 4 is 23.4 Å². The maximum Gasteiger partial charge on any atom is 0.306 e. The lowest BCUT2D eigenvalue weighted by Crippen LogP contribution is -2.62. The normalized spacial score (nSPS) is 38.0. The first-order valence-electron chi connectivity index (χ1n) is 19.0. The third-order valence-corrected chi connectivity index (χ3v) is 14.0. The van der Waals surface area contributed by atoms with Crippen LogP contribution in [0.4, 0.5) is 0 Å². The third kappa shape index (κ3) is 6.63. The Morgan fingerprint density at radius 2 is 1.78 bits per heavy atom. The Balaban J connectivity index is 0.996. The second-order valence-electron chi connectivity index (χ2n) is 16.9. The van der Waals surface area contributed by atoms with Crippen LogP contribution < -0.4 is 5.32 Å². The number of Topliss-reactive ketones (excluding diaryl/α,β-unsaturated/α-hetero) is 1. The first kappa shape index (κ1) is 36.9. The van der Waals surface area contributed by atoms with E-state index in [4.69, 9.17) is 9.47 Å². The van der Waals surface area contributed by atoms with E-state index in [2.05, 4.69) is 50.4 Å². The molecular formula is C41H57NO8. The van der Waals surface area contributed by atoms with Gasteiger partial charge in [-0.2, -0.15) is 0 Å². The van der Waals surface area contributed by atoms with E-state index >= 15 is 0 Å². The fourth-order valence-electron chi connectivity index (χ4n) is 11.0. The number of aliphatic hydroxyl groups is 2. The highest BCUT2D eigenvalue weighted by Gasteiger charge is 2.68. The monoisotopic (exact) mass is 691 g/mol. The Kier molecular flexibility index (Phi) is 10.5. The molecule has 0 aromatic heterocycles. The van der Waals surface area contributed by atoms with Crippen molar-refractivity contribution in [1.29, 1.82) is 0 Å². The van der Waals surface area contributed by atoms with Gasteiger partial charge in [-0.3, -0.25) is 19.2 Å². The summed E-state index contributed by atoms with van der Waals surface area (Å²) >= 11 is 0. The van der Waals surface area contributed by atoms with Gasteiger partial charge in [0, 0.05) is 36.8 Å². The summed E-state index contributed by atoms with van der Waals surface area (Å²) in [6, 6.07) is 10.4. The molecule has 1 heterocycles. The number of carbonyl (C=O) groups is 4. The smallest absolute Gasteiger partial charge is 0.306 e. The molecule has 1 saturated heterocycles. The molecule has 9 atom stereocenters. The summed E-state index contributed by atoms with van der Waals surface area (Å²) in [7, 11) is 0. The number of esters is 1. The molecule has 4 aliphatic carbocycles. The van der Waals surface area contributed by atoms with Crippen molar-refractivity contribution in [2.24, 2.45) is 34.5 Å². The van der Waals surface area contributed by atoms with Crippen molar-refractivity contribution in [2.45, 2.75) is 128 Å². The lowest BCUT2D eigenvalue weighted by molar-refractivity contribution is -0.184. The number of aliphatic hydroxyl groups excluding tert-OH is 1. The van der Waals surface area contributed by atoms with Crippen LogP contribution in [-0.4, -0.2) is 71.2 Å². The highest BCUT2D eigenvalue weighted by molar-refractivity contribution is 5.92. The molecule has 0 bridgehead atoms.